The summed E-state index contributed by atoms with van der Waals surface area (Å²) < 4.78 is 48.4. The molecule has 2 aromatic rings. The van der Waals surface area contributed by atoms with Crippen molar-refractivity contribution in [3.8, 4) is 0 Å². The Kier molecular flexibility index (Phi) is 9.72. The van der Waals surface area contributed by atoms with Gasteiger partial charge in [-0.1, -0.05) is 44.1 Å². The number of halogens is 1. The zero-order valence-corrected chi connectivity index (χ0v) is 32.1. The second-order valence-electron chi connectivity index (χ2n) is 16.5. The molecule has 4 aliphatic heterocycles. The molecule has 2 aromatic carbocycles. The number of hydrogen-bond donors (Lipinski definition) is 3. The minimum absolute atomic E-state index is 0.0131. The number of hydrogen-bond acceptors (Lipinski definition) is 11. The third kappa shape index (κ3) is 6.85. The van der Waals surface area contributed by atoms with Gasteiger partial charge in [-0.05, 0) is 63.0 Å². The summed E-state index contributed by atoms with van der Waals surface area (Å²) in [6, 6.07) is 2.32. The molecule has 8 rings (SSSR count). The number of carbonyl (C=O) groups excluding carboxylic acids is 4. The Labute approximate surface area is 323 Å². The van der Waals surface area contributed by atoms with Crippen LogP contribution in [0.25, 0.3) is 0 Å². The van der Waals surface area contributed by atoms with Gasteiger partial charge in [0, 0.05) is 37.0 Å². The third-order valence-electron chi connectivity index (χ3n) is 12.5. The molecule has 17 heteroatoms. The summed E-state index contributed by atoms with van der Waals surface area (Å²) >= 11 is 0. The highest BCUT2D eigenvalue weighted by molar-refractivity contribution is 7.91. The third-order valence-corrected chi connectivity index (χ3v) is 14.3. The van der Waals surface area contributed by atoms with Gasteiger partial charge in [-0.2, -0.15) is 0 Å². The van der Waals surface area contributed by atoms with Crippen LogP contribution in [0.3, 0.4) is 0 Å². The van der Waals surface area contributed by atoms with Crippen molar-refractivity contribution in [2.45, 2.75) is 120 Å². The van der Waals surface area contributed by atoms with Gasteiger partial charge in [-0.3, -0.25) is 33.6 Å². The Morgan fingerprint density at radius 2 is 1.75 bits per heavy atom. The predicted molar refractivity (Wildman–Crippen MR) is 202 cm³/mol. The van der Waals surface area contributed by atoms with Crippen LogP contribution in [0.4, 0.5) is 20.6 Å². The molecule has 6 aliphatic rings. The van der Waals surface area contributed by atoms with Gasteiger partial charge in [0.1, 0.15) is 40.9 Å². The maximum Gasteiger partial charge on any atom is 0.410 e. The molecule has 2 aliphatic carbocycles. The molecule has 4 fully saturated rings. The second kappa shape index (κ2) is 14.3. The first kappa shape index (κ1) is 38.1. The second-order valence-corrected chi connectivity index (χ2v) is 18.4. The number of anilines is 2. The van der Waals surface area contributed by atoms with E-state index in [0.717, 1.165) is 19.3 Å². The molecule has 1 unspecified atom stereocenters. The smallest absolute Gasteiger partial charge is 0.410 e. The van der Waals surface area contributed by atoms with Gasteiger partial charge in [0.15, 0.2) is 0 Å². The van der Waals surface area contributed by atoms with Crippen LogP contribution in [0.5, 0.6) is 0 Å². The molecule has 0 aromatic heterocycles. The van der Waals surface area contributed by atoms with Gasteiger partial charge in [0.05, 0.1) is 18.3 Å². The lowest BCUT2D eigenvalue weighted by Crippen LogP contribution is -2.58. The van der Waals surface area contributed by atoms with Crippen molar-refractivity contribution in [3.05, 3.63) is 67.7 Å². The maximum absolute atomic E-state index is 14.7. The Morgan fingerprint density at radius 3 is 2.48 bits per heavy atom. The molecule has 4 amide bonds. The number of rotatable bonds is 7. The molecule has 0 bridgehead atoms. The summed E-state index contributed by atoms with van der Waals surface area (Å²) in [6.07, 6.45) is 7.53. The van der Waals surface area contributed by atoms with Gasteiger partial charge in [0.25, 0.3) is 16.8 Å². The van der Waals surface area contributed by atoms with E-state index in [-0.39, 0.29) is 50.3 Å². The quantitative estimate of drug-likeness (QED) is 0.276. The normalized spacial score (nSPS) is 30.1. The Hall–Kier alpha value is -4.80. The molecule has 3 N–H and O–H groups in total. The van der Waals surface area contributed by atoms with E-state index in [9.17, 15) is 41.6 Å². The molecule has 56 heavy (non-hydrogen) atoms. The molecular weight excluding hydrogens is 748 g/mol. The van der Waals surface area contributed by atoms with Gasteiger partial charge in [0.2, 0.25) is 21.8 Å². The van der Waals surface area contributed by atoms with E-state index < -0.39 is 84.9 Å². The van der Waals surface area contributed by atoms with E-state index in [2.05, 4.69) is 15.4 Å². The lowest BCUT2D eigenvalue weighted by molar-refractivity contribution is -0.140. The number of sulfonamides is 1. The highest BCUT2D eigenvalue weighted by Crippen LogP contribution is 2.58. The minimum atomic E-state index is -3.96. The number of nitrogens with zero attached hydrogens (tertiary/aromatic N) is 3. The lowest BCUT2D eigenvalue weighted by atomic mass is 9.99. The molecular formula is C39H47FN6O9S. The van der Waals surface area contributed by atoms with Gasteiger partial charge >= 0.3 is 6.09 Å². The largest absolute Gasteiger partial charge is 0.444 e. The SMILES string of the molecule is CC12/C=C\CCCCC[C@H](Nc3c(N4CCCC4)c(=O)c3=O)C(=O)N3C[C@H](OC(=O)N4Cc5cccc(F)c5C4)C[C@H]3C(=O)N[C@]1(C(=O)NS(=O)(=O)C1CC1)C2. The number of amides is 4. The summed E-state index contributed by atoms with van der Waals surface area (Å²) in [5, 5.41) is 5.25. The molecule has 2 saturated carbocycles. The van der Waals surface area contributed by atoms with Crippen molar-refractivity contribution >= 4 is 45.2 Å². The van der Waals surface area contributed by atoms with Crippen molar-refractivity contribution in [3.63, 3.8) is 0 Å². The van der Waals surface area contributed by atoms with Crippen molar-refractivity contribution < 1.29 is 36.7 Å². The number of ether oxygens (including phenoxy) is 1. The minimum Gasteiger partial charge on any atom is -0.444 e. The van der Waals surface area contributed by atoms with Crippen LogP contribution in [-0.4, -0.2) is 90.6 Å². The van der Waals surface area contributed by atoms with Gasteiger partial charge in [-0.25, -0.2) is 17.6 Å². The average molecular weight is 795 g/mol. The average Bonchev–Trinajstić information content (AvgIpc) is 3.85. The number of allylic oxidation sites excluding steroid dienone is 1. The van der Waals surface area contributed by atoms with Crippen LogP contribution < -0.4 is 31.1 Å². The topological polar surface area (TPSA) is 192 Å². The summed E-state index contributed by atoms with van der Waals surface area (Å²) in [7, 11) is -3.96. The predicted octanol–water partition coefficient (Wildman–Crippen LogP) is 2.32. The van der Waals surface area contributed by atoms with E-state index in [1.165, 1.54) is 15.9 Å². The van der Waals surface area contributed by atoms with Crippen LogP contribution in [0, 0.1) is 11.2 Å². The summed E-state index contributed by atoms with van der Waals surface area (Å²) in [5.41, 5.74) is -2.53. The van der Waals surface area contributed by atoms with E-state index in [0.29, 0.717) is 56.3 Å². The zero-order valence-electron chi connectivity index (χ0n) is 31.3. The maximum atomic E-state index is 14.7. The fourth-order valence-corrected chi connectivity index (χ4v) is 10.2. The highest BCUT2D eigenvalue weighted by atomic mass is 32.2. The van der Waals surface area contributed by atoms with Crippen molar-refractivity contribution in [2.75, 3.05) is 29.9 Å². The molecule has 0 spiro atoms. The number of carbonyl (C=O) groups is 4. The Balaban J connectivity index is 1.09. The fraction of sp³-hybridized carbons (Fsp3) is 0.590. The molecule has 2 saturated heterocycles. The number of fused-ring (bicyclic) bond motifs is 3. The van der Waals surface area contributed by atoms with Crippen LogP contribution >= 0.6 is 0 Å². The molecule has 15 nitrogen and oxygen atoms in total. The fourth-order valence-electron chi connectivity index (χ4n) is 8.88. The van der Waals surface area contributed by atoms with Crippen LogP contribution in [0.2, 0.25) is 0 Å². The number of nitrogens with one attached hydrogen (secondary N) is 3. The van der Waals surface area contributed by atoms with Gasteiger partial charge < -0.3 is 25.2 Å². The lowest BCUT2D eigenvalue weighted by Gasteiger charge is -2.32. The zero-order chi connectivity index (χ0) is 39.6. The first-order chi connectivity index (χ1) is 26.7. The Morgan fingerprint density at radius 1 is 0.982 bits per heavy atom. The first-order valence-electron chi connectivity index (χ1n) is 19.6. The summed E-state index contributed by atoms with van der Waals surface area (Å²) in [4.78, 5) is 86.7. The van der Waals surface area contributed by atoms with Crippen LogP contribution in [0.15, 0.2) is 39.9 Å². The standard InChI is InChI=1S/C39H47FN6O9S/c1-38-15-6-4-2-3-5-12-28(41-30-31(33(48)32(30)47)44-16-7-8-17-44)35(50)46-20-24(55-37(52)45-19-23-10-9-11-27(40)26(23)21-45)18-29(46)34(49)42-39(38,22-38)36(51)43-56(53,54)25-13-14-25/h6,9-11,15,24-25,28-29,41H,2-5,7-8,12-14,16-22H2,1H3,(H,42,49)(H,43,51)/b15-6-/t24-,28+,29+,38?,39+/m1/s1. The highest BCUT2D eigenvalue weighted by Gasteiger charge is 2.70. The molecule has 5 atom stereocenters. The van der Waals surface area contributed by atoms with Crippen molar-refractivity contribution in [1.82, 2.24) is 19.8 Å². The van der Waals surface area contributed by atoms with E-state index >= 15 is 0 Å². The van der Waals surface area contributed by atoms with Crippen molar-refractivity contribution in [2.24, 2.45) is 5.41 Å². The van der Waals surface area contributed by atoms with Crippen molar-refractivity contribution in [1.29, 1.82) is 0 Å². The van der Waals surface area contributed by atoms with Crippen LogP contribution in [0.1, 0.15) is 88.7 Å². The molecule has 4 heterocycles. The monoisotopic (exact) mass is 794 g/mol. The summed E-state index contributed by atoms with van der Waals surface area (Å²) in [6.45, 7) is 2.89. The van der Waals surface area contributed by atoms with Gasteiger partial charge in [-0.15, -0.1) is 0 Å². The Bertz CT molecular complexity index is 2180. The summed E-state index contributed by atoms with van der Waals surface area (Å²) in [5.74, 6) is -2.59. The van der Waals surface area contributed by atoms with E-state index in [1.807, 2.05) is 17.1 Å². The van der Waals surface area contributed by atoms with E-state index in [4.69, 9.17) is 4.74 Å². The first-order valence-corrected chi connectivity index (χ1v) is 21.2. The molecule has 0 radical (unpaired) electrons. The molecule has 300 valence electrons. The number of benzene rings is 1. The van der Waals surface area contributed by atoms with E-state index in [1.54, 1.807) is 19.1 Å². The van der Waals surface area contributed by atoms with Crippen LogP contribution in [-0.2, 0) is 42.2 Å².